The van der Waals surface area contributed by atoms with Gasteiger partial charge in [0.05, 0.1) is 12.0 Å². The van der Waals surface area contributed by atoms with Crippen molar-refractivity contribution in [2.45, 2.75) is 50.1 Å². The summed E-state index contributed by atoms with van der Waals surface area (Å²) in [5, 5.41) is 22.7. The normalized spacial score (nSPS) is 16.1. The van der Waals surface area contributed by atoms with E-state index >= 15 is 0 Å². The SMILES string of the molecule is CC(/C=N\n1c(SCC(=O)O)nnc1C1CCCCC1)=C\c1ccccc1. The average molecular weight is 385 g/mol. The first-order chi connectivity index (χ1) is 13.1. The summed E-state index contributed by atoms with van der Waals surface area (Å²) in [6, 6.07) is 10.1. The zero-order valence-electron chi connectivity index (χ0n) is 15.4. The minimum Gasteiger partial charge on any atom is -0.481 e. The van der Waals surface area contributed by atoms with Crippen LogP contribution in [-0.2, 0) is 4.79 Å². The third-order valence-corrected chi connectivity index (χ3v) is 5.41. The fourth-order valence-corrected chi connectivity index (χ4v) is 3.83. The molecule has 1 N–H and O–H groups in total. The van der Waals surface area contributed by atoms with Crippen LogP contribution in [0.3, 0.4) is 0 Å². The predicted octanol–water partition coefficient (Wildman–Crippen LogP) is 4.44. The van der Waals surface area contributed by atoms with Gasteiger partial charge < -0.3 is 5.11 Å². The summed E-state index contributed by atoms with van der Waals surface area (Å²) in [5.41, 5.74) is 2.11. The molecule has 0 aliphatic heterocycles. The van der Waals surface area contributed by atoms with Gasteiger partial charge in [-0.1, -0.05) is 67.4 Å². The Morgan fingerprint density at radius 1 is 1.26 bits per heavy atom. The number of thioether (sulfide) groups is 1. The van der Waals surface area contributed by atoms with Gasteiger partial charge in [0.15, 0.2) is 5.82 Å². The van der Waals surface area contributed by atoms with Crippen LogP contribution in [0.15, 0.2) is 46.2 Å². The van der Waals surface area contributed by atoms with Gasteiger partial charge in [0, 0.05) is 5.92 Å². The van der Waals surface area contributed by atoms with Gasteiger partial charge in [0.1, 0.15) is 0 Å². The topological polar surface area (TPSA) is 80.4 Å². The molecule has 0 bridgehead atoms. The van der Waals surface area contributed by atoms with Gasteiger partial charge in [-0.25, -0.2) is 0 Å². The molecule has 1 heterocycles. The zero-order chi connectivity index (χ0) is 19.1. The Balaban J connectivity index is 1.84. The van der Waals surface area contributed by atoms with Gasteiger partial charge in [-0.15, -0.1) is 10.2 Å². The van der Waals surface area contributed by atoms with Crippen molar-refractivity contribution in [1.82, 2.24) is 14.9 Å². The van der Waals surface area contributed by atoms with Gasteiger partial charge in [-0.05, 0) is 30.9 Å². The maximum Gasteiger partial charge on any atom is 0.313 e. The van der Waals surface area contributed by atoms with Crippen molar-refractivity contribution in [3.63, 3.8) is 0 Å². The molecule has 1 fully saturated rings. The van der Waals surface area contributed by atoms with Crippen LogP contribution in [0.25, 0.3) is 6.08 Å². The molecule has 0 spiro atoms. The molecule has 3 rings (SSSR count). The summed E-state index contributed by atoms with van der Waals surface area (Å²) in [5.74, 6) is 0.238. The molecule has 6 nitrogen and oxygen atoms in total. The number of hydrogen-bond donors (Lipinski definition) is 1. The van der Waals surface area contributed by atoms with Crippen LogP contribution in [0.4, 0.5) is 0 Å². The Morgan fingerprint density at radius 3 is 2.70 bits per heavy atom. The molecule has 1 saturated carbocycles. The van der Waals surface area contributed by atoms with Crippen molar-refractivity contribution in [2.75, 3.05) is 5.75 Å². The van der Waals surface area contributed by atoms with E-state index in [1.165, 1.54) is 19.3 Å². The van der Waals surface area contributed by atoms with Crippen LogP contribution in [0.2, 0.25) is 0 Å². The number of aromatic nitrogens is 3. The third-order valence-electron chi connectivity index (χ3n) is 4.50. The van der Waals surface area contributed by atoms with Gasteiger partial charge in [0.2, 0.25) is 5.16 Å². The Kier molecular flexibility index (Phi) is 6.81. The number of nitrogens with zero attached hydrogens (tertiary/aromatic N) is 4. The van der Waals surface area contributed by atoms with E-state index in [4.69, 9.17) is 5.11 Å². The summed E-state index contributed by atoms with van der Waals surface area (Å²) in [7, 11) is 0. The molecule has 1 aromatic heterocycles. The number of allylic oxidation sites excluding steroid dienone is 1. The maximum atomic E-state index is 10.9. The highest BCUT2D eigenvalue weighted by Crippen LogP contribution is 2.33. The second kappa shape index (κ2) is 9.50. The monoisotopic (exact) mass is 384 g/mol. The number of carboxylic acids is 1. The lowest BCUT2D eigenvalue weighted by atomic mass is 9.89. The Hall–Kier alpha value is -2.41. The minimum absolute atomic E-state index is 0.0584. The van der Waals surface area contributed by atoms with E-state index in [2.05, 4.69) is 21.4 Å². The first-order valence-corrected chi connectivity index (χ1v) is 10.2. The molecule has 2 aromatic rings. The smallest absolute Gasteiger partial charge is 0.313 e. The molecular weight excluding hydrogens is 360 g/mol. The maximum absolute atomic E-state index is 10.9. The zero-order valence-corrected chi connectivity index (χ0v) is 16.2. The number of carbonyl (C=O) groups is 1. The van der Waals surface area contributed by atoms with E-state index in [9.17, 15) is 4.79 Å². The first kappa shape index (κ1) is 19.4. The third kappa shape index (κ3) is 5.53. The van der Waals surface area contributed by atoms with Gasteiger partial charge >= 0.3 is 5.97 Å². The van der Waals surface area contributed by atoms with Crippen molar-refractivity contribution >= 4 is 30.0 Å². The number of carboxylic acid groups (broad SMARTS) is 1. The molecule has 0 saturated heterocycles. The molecule has 1 aliphatic rings. The molecular formula is C20H24N4O2S. The lowest BCUT2D eigenvalue weighted by Crippen LogP contribution is -2.11. The van der Waals surface area contributed by atoms with E-state index in [-0.39, 0.29) is 5.75 Å². The molecule has 142 valence electrons. The van der Waals surface area contributed by atoms with Crippen molar-refractivity contribution in [1.29, 1.82) is 0 Å². The molecule has 1 aromatic carbocycles. The summed E-state index contributed by atoms with van der Waals surface area (Å²) in [6.07, 6.45) is 9.63. The molecule has 0 unspecified atom stereocenters. The lowest BCUT2D eigenvalue weighted by Gasteiger charge is -2.20. The second-order valence-corrected chi connectivity index (χ2v) is 7.66. The van der Waals surface area contributed by atoms with Gasteiger partial charge in [-0.3, -0.25) is 4.79 Å². The number of aliphatic carboxylic acids is 1. The minimum atomic E-state index is -0.877. The fourth-order valence-electron chi connectivity index (χ4n) is 3.22. The summed E-state index contributed by atoms with van der Waals surface area (Å²) in [6.45, 7) is 1.99. The van der Waals surface area contributed by atoms with E-state index in [1.807, 2.05) is 37.3 Å². The molecule has 0 radical (unpaired) electrons. The highest BCUT2D eigenvalue weighted by Gasteiger charge is 2.23. The Labute approximate surface area is 163 Å². The summed E-state index contributed by atoms with van der Waals surface area (Å²) >= 11 is 1.15. The Bertz CT molecular complexity index is 824. The van der Waals surface area contributed by atoms with Crippen molar-refractivity contribution in [3.05, 3.63) is 47.3 Å². The highest BCUT2D eigenvalue weighted by atomic mass is 32.2. The van der Waals surface area contributed by atoms with E-state index in [0.717, 1.165) is 41.6 Å². The number of benzene rings is 1. The van der Waals surface area contributed by atoms with E-state index < -0.39 is 5.97 Å². The molecule has 7 heteroatoms. The second-order valence-electron chi connectivity index (χ2n) is 6.71. The van der Waals surface area contributed by atoms with Gasteiger partial charge in [0.25, 0.3) is 0 Å². The van der Waals surface area contributed by atoms with E-state index in [0.29, 0.717) is 11.1 Å². The fraction of sp³-hybridized carbons (Fsp3) is 0.400. The van der Waals surface area contributed by atoms with Crippen LogP contribution in [0.5, 0.6) is 0 Å². The van der Waals surface area contributed by atoms with Crippen LogP contribution in [0.1, 0.15) is 56.3 Å². The average Bonchev–Trinajstić information content (AvgIpc) is 3.09. The molecule has 1 aliphatic carbocycles. The van der Waals surface area contributed by atoms with E-state index in [1.54, 1.807) is 10.9 Å². The quantitative estimate of drug-likeness (QED) is 0.564. The van der Waals surface area contributed by atoms with Crippen LogP contribution < -0.4 is 0 Å². The van der Waals surface area contributed by atoms with Crippen molar-refractivity contribution in [3.8, 4) is 0 Å². The van der Waals surface area contributed by atoms with Gasteiger partial charge in [-0.2, -0.15) is 9.78 Å². The number of rotatable bonds is 7. The van der Waals surface area contributed by atoms with Crippen molar-refractivity contribution in [2.24, 2.45) is 5.10 Å². The number of hydrogen-bond acceptors (Lipinski definition) is 5. The van der Waals surface area contributed by atoms with Crippen LogP contribution >= 0.6 is 11.8 Å². The molecule has 0 atom stereocenters. The predicted molar refractivity (Wildman–Crippen MR) is 108 cm³/mol. The standard InChI is InChI=1S/C20H24N4O2S/c1-15(12-16-8-4-2-5-9-16)13-21-24-19(17-10-6-3-7-11-17)22-23-20(24)27-14-18(25)26/h2,4-5,8-9,12-13,17H,3,6-7,10-11,14H2,1H3,(H,25,26)/b15-12+,21-13-. The van der Waals surface area contributed by atoms with Crippen LogP contribution in [0, 0.1) is 0 Å². The lowest BCUT2D eigenvalue weighted by molar-refractivity contribution is -0.133. The highest BCUT2D eigenvalue weighted by molar-refractivity contribution is 7.99. The Morgan fingerprint density at radius 2 is 2.00 bits per heavy atom. The largest absolute Gasteiger partial charge is 0.481 e. The first-order valence-electron chi connectivity index (χ1n) is 9.21. The van der Waals surface area contributed by atoms with Crippen molar-refractivity contribution < 1.29 is 9.90 Å². The summed E-state index contributed by atoms with van der Waals surface area (Å²) in [4.78, 5) is 10.9. The molecule has 27 heavy (non-hydrogen) atoms. The van der Waals surface area contributed by atoms with Crippen LogP contribution in [-0.4, -0.2) is 37.9 Å². The molecule has 0 amide bonds. The summed E-state index contributed by atoms with van der Waals surface area (Å²) < 4.78 is 1.73.